The number of hydrogen-bond donors (Lipinski definition) is 2. The summed E-state index contributed by atoms with van der Waals surface area (Å²) in [6, 6.07) is 12.0. The summed E-state index contributed by atoms with van der Waals surface area (Å²) in [5.41, 5.74) is 4.20. The highest BCUT2D eigenvalue weighted by molar-refractivity contribution is 5.94. The summed E-state index contributed by atoms with van der Waals surface area (Å²) >= 11 is 0. The molecule has 1 aromatic heterocycles. The number of nitrogens with one attached hydrogen (secondary N) is 2. The van der Waals surface area contributed by atoms with Gasteiger partial charge in [0.1, 0.15) is 0 Å². The van der Waals surface area contributed by atoms with Gasteiger partial charge in [-0.2, -0.15) is 0 Å². The largest absolute Gasteiger partial charge is 0.379 e. The number of pyridine rings is 1. The molecule has 0 unspecified atom stereocenters. The number of hydrogen-bond acceptors (Lipinski definition) is 3. The molecule has 0 fully saturated rings. The molecule has 1 aliphatic heterocycles. The van der Waals surface area contributed by atoms with Gasteiger partial charge in [0.2, 0.25) is 0 Å². The standard InChI is InChI=1S/C17H20N4O/c1-2-18-17(22)21-10-8-13-6-7-14(11-16(13)21)20-12-15-5-3-4-9-19-15/h3-7,9,11,20H,2,8,10,12H2,1H3,(H,18,22). The highest BCUT2D eigenvalue weighted by Crippen LogP contribution is 2.31. The molecule has 22 heavy (non-hydrogen) atoms. The Kier molecular flexibility index (Phi) is 4.23. The van der Waals surface area contributed by atoms with E-state index >= 15 is 0 Å². The first-order chi connectivity index (χ1) is 10.8. The van der Waals surface area contributed by atoms with Crippen LogP contribution < -0.4 is 15.5 Å². The predicted octanol–water partition coefficient (Wildman–Crippen LogP) is 2.79. The molecule has 0 saturated carbocycles. The Labute approximate surface area is 130 Å². The number of urea groups is 1. The summed E-state index contributed by atoms with van der Waals surface area (Å²) < 4.78 is 0. The van der Waals surface area contributed by atoms with Crippen LogP contribution in [0.25, 0.3) is 0 Å². The summed E-state index contributed by atoms with van der Waals surface area (Å²) in [6.07, 6.45) is 2.70. The summed E-state index contributed by atoms with van der Waals surface area (Å²) in [6.45, 7) is 3.98. The van der Waals surface area contributed by atoms with Gasteiger partial charge >= 0.3 is 6.03 Å². The quantitative estimate of drug-likeness (QED) is 0.912. The number of fused-ring (bicyclic) bond motifs is 1. The second kappa shape index (κ2) is 6.47. The molecular weight excluding hydrogens is 276 g/mol. The van der Waals surface area contributed by atoms with Crippen LogP contribution in [0.2, 0.25) is 0 Å². The first-order valence-electron chi connectivity index (χ1n) is 7.60. The van der Waals surface area contributed by atoms with Crippen molar-refractivity contribution in [3.8, 4) is 0 Å². The fraction of sp³-hybridized carbons (Fsp3) is 0.294. The Morgan fingerprint density at radius 3 is 3.00 bits per heavy atom. The Hall–Kier alpha value is -2.56. The average Bonchev–Trinajstić information content (AvgIpc) is 2.97. The topological polar surface area (TPSA) is 57.3 Å². The second-order valence-corrected chi connectivity index (χ2v) is 5.26. The third-order valence-electron chi connectivity index (χ3n) is 3.75. The lowest BCUT2D eigenvalue weighted by molar-refractivity contribution is 0.247. The van der Waals surface area contributed by atoms with Crippen LogP contribution in [-0.4, -0.2) is 24.1 Å². The van der Waals surface area contributed by atoms with E-state index in [-0.39, 0.29) is 6.03 Å². The molecule has 2 heterocycles. The van der Waals surface area contributed by atoms with Crippen LogP contribution in [0.1, 0.15) is 18.2 Å². The molecule has 1 aromatic carbocycles. The maximum Gasteiger partial charge on any atom is 0.321 e. The van der Waals surface area contributed by atoms with Gasteiger partial charge in [-0.05, 0) is 43.2 Å². The summed E-state index contributed by atoms with van der Waals surface area (Å²) in [7, 11) is 0. The molecule has 2 N–H and O–H groups in total. The van der Waals surface area contributed by atoms with E-state index in [1.54, 1.807) is 6.20 Å². The van der Waals surface area contributed by atoms with Crippen LogP contribution in [0.4, 0.5) is 16.2 Å². The summed E-state index contributed by atoms with van der Waals surface area (Å²) in [5, 5.41) is 6.22. The molecule has 5 heteroatoms. The normalized spacial score (nSPS) is 12.9. The summed E-state index contributed by atoms with van der Waals surface area (Å²) in [5.74, 6) is 0. The van der Waals surface area contributed by atoms with E-state index in [4.69, 9.17) is 0 Å². The van der Waals surface area contributed by atoms with Gasteiger partial charge in [-0.25, -0.2) is 4.79 Å². The molecule has 0 spiro atoms. The summed E-state index contributed by atoms with van der Waals surface area (Å²) in [4.78, 5) is 18.2. The lowest BCUT2D eigenvalue weighted by Crippen LogP contribution is -2.38. The lowest BCUT2D eigenvalue weighted by Gasteiger charge is -2.18. The number of rotatable bonds is 4. The minimum absolute atomic E-state index is 0.0249. The third kappa shape index (κ3) is 3.03. The lowest BCUT2D eigenvalue weighted by atomic mass is 10.1. The van der Waals surface area contributed by atoms with Crippen LogP contribution in [-0.2, 0) is 13.0 Å². The number of anilines is 2. The van der Waals surface area contributed by atoms with Crippen molar-refractivity contribution in [2.45, 2.75) is 19.9 Å². The average molecular weight is 296 g/mol. The second-order valence-electron chi connectivity index (χ2n) is 5.26. The number of carbonyl (C=O) groups excluding carboxylic acids is 1. The van der Waals surface area contributed by atoms with Crippen molar-refractivity contribution in [2.75, 3.05) is 23.3 Å². The van der Waals surface area contributed by atoms with Crippen LogP contribution in [0.5, 0.6) is 0 Å². The molecule has 1 aliphatic rings. The molecule has 2 aromatic rings. The van der Waals surface area contributed by atoms with Crippen molar-refractivity contribution in [2.24, 2.45) is 0 Å². The third-order valence-corrected chi connectivity index (χ3v) is 3.75. The predicted molar refractivity (Wildman–Crippen MR) is 88.1 cm³/mol. The van der Waals surface area contributed by atoms with Crippen molar-refractivity contribution in [3.63, 3.8) is 0 Å². The van der Waals surface area contributed by atoms with Crippen LogP contribution in [0.15, 0.2) is 42.6 Å². The smallest absolute Gasteiger partial charge is 0.321 e. The number of aromatic nitrogens is 1. The Morgan fingerprint density at radius 2 is 2.23 bits per heavy atom. The fourth-order valence-electron chi connectivity index (χ4n) is 2.64. The Bertz CT molecular complexity index is 657. The highest BCUT2D eigenvalue weighted by Gasteiger charge is 2.24. The molecule has 3 rings (SSSR count). The Morgan fingerprint density at radius 1 is 1.32 bits per heavy atom. The minimum atomic E-state index is -0.0249. The van der Waals surface area contributed by atoms with E-state index < -0.39 is 0 Å². The number of nitrogens with zero attached hydrogens (tertiary/aromatic N) is 2. The SMILES string of the molecule is CCNC(=O)N1CCc2ccc(NCc3ccccn3)cc21. The number of benzene rings is 1. The zero-order valence-corrected chi connectivity index (χ0v) is 12.7. The van der Waals surface area contributed by atoms with E-state index in [1.807, 2.05) is 36.1 Å². The Balaban J connectivity index is 1.73. The first-order valence-corrected chi connectivity index (χ1v) is 7.60. The number of carbonyl (C=O) groups is 1. The van der Waals surface area contributed by atoms with Gasteiger partial charge in [0.15, 0.2) is 0 Å². The van der Waals surface area contributed by atoms with Gasteiger partial charge in [0, 0.05) is 25.0 Å². The maximum absolute atomic E-state index is 12.1. The van der Waals surface area contributed by atoms with Gasteiger partial charge in [0.25, 0.3) is 0 Å². The van der Waals surface area contributed by atoms with Crippen molar-refractivity contribution >= 4 is 17.4 Å². The van der Waals surface area contributed by atoms with E-state index in [0.717, 1.165) is 30.0 Å². The molecule has 0 saturated heterocycles. The van der Waals surface area contributed by atoms with Crippen LogP contribution in [0, 0.1) is 0 Å². The molecule has 0 radical (unpaired) electrons. The van der Waals surface area contributed by atoms with Gasteiger partial charge < -0.3 is 10.6 Å². The van der Waals surface area contributed by atoms with E-state index in [0.29, 0.717) is 13.1 Å². The van der Waals surface area contributed by atoms with Crippen LogP contribution >= 0.6 is 0 Å². The molecular formula is C17H20N4O. The highest BCUT2D eigenvalue weighted by atomic mass is 16.2. The maximum atomic E-state index is 12.1. The van der Waals surface area contributed by atoms with Gasteiger partial charge in [-0.3, -0.25) is 9.88 Å². The van der Waals surface area contributed by atoms with E-state index in [2.05, 4.69) is 27.8 Å². The number of amides is 2. The molecule has 0 atom stereocenters. The van der Waals surface area contributed by atoms with Crippen molar-refractivity contribution in [1.29, 1.82) is 0 Å². The zero-order valence-electron chi connectivity index (χ0n) is 12.7. The molecule has 114 valence electrons. The van der Waals surface area contributed by atoms with Gasteiger partial charge in [-0.1, -0.05) is 12.1 Å². The van der Waals surface area contributed by atoms with E-state index in [9.17, 15) is 4.79 Å². The van der Waals surface area contributed by atoms with Crippen molar-refractivity contribution < 1.29 is 4.79 Å². The monoisotopic (exact) mass is 296 g/mol. The molecule has 0 aliphatic carbocycles. The molecule has 0 bridgehead atoms. The van der Waals surface area contributed by atoms with E-state index in [1.165, 1.54) is 5.56 Å². The molecule has 5 nitrogen and oxygen atoms in total. The van der Waals surface area contributed by atoms with Crippen LogP contribution in [0.3, 0.4) is 0 Å². The van der Waals surface area contributed by atoms with Gasteiger partial charge in [-0.15, -0.1) is 0 Å². The van der Waals surface area contributed by atoms with Crippen molar-refractivity contribution in [3.05, 3.63) is 53.9 Å². The first kappa shape index (κ1) is 14.4. The fourth-order valence-corrected chi connectivity index (χ4v) is 2.64. The van der Waals surface area contributed by atoms with Crippen molar-refractivity contribution in [1.82, 2.24) is 10.3 Å². The zero-order chi connectivity index (χ0) is 15.4. The minimum Gasteiger partial charge on any atom is -0.379 e. The molecule has 2 amide bonds. The van der Waals surface area contributed by atoms with Gasteiger partial charge in [0.05, 0.1) is 17.9 Å².